The minimum absolute atomic E-state index is 0. The van der Waals surface area contributed by atoms with E-state index in [1.807, 2.05) is 0 Å². The normalized spacial score (nSPS) is 7.50. The number of hydrogen-bond donors (Lipinski definition) is 1. The van der Waals surface area contributed by atoms with Crippen LogP contribution in [0.4, 0.5) is 4.70 Å². The van der Waals surface area contributed by atoms with Gasteiger partial charge in [-0.05, 0) is 0 Å². The van der Waals surface area contributed by atoms with Crippen LogP contribution >= 0.6 is 0 Å². The average molecular weight is 180 g/mol. The average Bonchev–Trinajstić information content (AvgIpc) is 2.00. The minimum atomic E-state index is -0.250. The molecule has 0 saturated heterocycles. The summed E-state index contributed by atoms with van der Waals surface area (Å²) in [7, 11) is 0. The molecule has 0 amide bonds. The van der Waals surface area contributed by atoms with Crippen LogP contribution in [0.1, 0.15) is 52.4 Å². The smallest absolute Gasteiger partial charge is 0.290 e. The lowest BCUT2D eigenvalue weighted by atomic mass is 10.1. The predicted octanol–water partition coefficient (Wildman–Crippen LogP) is 3.22. The van der Waals surface area contributed by atoms with Crippen molar-refractivity contribution in [2.75, 3.05) is 0 Å². The maximum atomic E-state index is 8.36. The molecule has 0 unspecified atom stereocenters. The van der Waals surface area contributed by atoms with Gasteiger partial charge in [-0.1, -0.05) is 52.4 Å². The molecule has 0 aliphatic carbocycles. The highest BCUT2D eigenvalue weighted by Crippen LogP contribution is 2.03. The number of unbranched alkanes of at least 4 members (excludes halogenated alkanes) is 5. The Morgan fingerprint density at radius 3 is 1.42 bits per heavy atom. The third-order valence-electron chi connectivity index (χ3n) is 1.46. The minimum Gasteiger partial charge on any atom is -0.483 e. The van der Waals surface area contributed by atoms with Crippen LogP contribution in [0.15, 0.2) is 0 Å². The number of rotatable bonds is 5. The van der Waals surface area contributed by atoms with Crippen LogP contribution in [0.3, 0.4) is 0 Å². The molecule has 0 fully saturated rings. The van der Waals surface area contributed by atoms with Crippen LogP contribution in [0, 0.1) is 0 Å². The van der Waals surface area contributed by atoms with E-state index in [1.165, 1.54) is 38.5 Å². The largest absolute Gasteiger partial charge is 0.483 e. The molecule has 0 radical (unpaired) electrons. The Morgan fingerprint density at radius 2 is 1.25 bits per heavy atom. The number of halogens is 1. The van der Waals surface area contributed by atoms with Crippen LogP contribution in [-0.4, -0.2) is 11.6 Å². The predicted molar refractivity (Wildman–Crippen MR) is 50.2 cm³/mol. The van der Waals surface area contributed by atoms with Gasteiger partial charge in [0.1, 0.15) is 0 Å². The van der Waals surface area contributed by atoms with Crippen LogP contribution < -0.4 is 0 Å². The summed E-state index contributed by atoms with van der Waals surface area (Å²) >= 11 is 0. The van der Waals surface area contributed by atoms with Gasteiger partial charge in [0.25, 0.3) is 6.47 Å². The van der Waals surface area contributed by atoms with Gasteiger partial charge in [0.2, 0.25) is 0 Å². The van der Waals surface area contributed by atoms with Crippen molar-refractivity contribution in [3.8, 4) is 0 Å². The van der Waals surface area contributed by atoms with E-state index in [4.69, 9.17) is 9.90 Å². The first-order chi connectivity index (χ1) is 5.33. The molecule has 1 N–H and O–H groups in total. The first-order valence-electron chi connectivity index (χ1n) is 4.41. The maximum Gasteiger partial charge on any atom is 0.290 e. The van der Waals surface area contributed by atoms with E-state index in [0.717, 1.165) is 0 Å². The molecular formula is C9H21FO2. The summed E-state index contributed by atoms with van der Waals surface area (Å²) < 4.78 is 0. The van der Waals surface area contributed by atoms with E-state index in [2.05, 4.69) is 13.8 Å². The number of hydrogen-bond acceptors (Lipinski definition) is 1. The third-order valence-corrected chi connectivity index (χ3v) is 1.46. The molecular weight excluding hydrogens is 159 g/mol. The summed E-state index contributed by atoms with van der Waals surface area (Å²) in [5.41, 5.74) is 0. The summed E-state index contributed by atoms with van der Waals surface area (Å²) in [5, 5.41) is 6.89. The third kappa shape index (κ3) is 34.3. The van der Waals surface area contributed by atoms with E-state index < -0.39 is 0 Å². The van der Waals surface area contributed by atoms with Crippen molar-refractivity contribution in [3.63, 3.8) is 0 Å². The van der Waals surface area contributed by atoms with Crippen LogP contribution in [-0.2, 0) is 4.79 Å². The molecule has 0 aliphatic rings. The summed E-state index contributed by atoms with van der Waals surface area (Å²) in [6.07, 6.45) is 8.49. The summed E-state index contributed by atoms with van der Waals surface area (Å²) in [6.45, 7) is 4.26. The lowest BCUT2D eigenvalue weighted by Crippen LogP contribution is -1.73. The van der Waals surface area contributed by atoms with Crippen molar-refractivity contribution < 1.29 is 14.6 Å². The first kappa shape index (κ1) is 17.5. The molecule has 76 valence electrons. The van der Waals surface area contributed by atoms with Gasteiger partial charge >= 0.3 is 0 Å². The second-order valence-corrected chi connectivity index (χ2v) is 2.52. The molecule has 0 aromatic rings. The Kier molecular flexibility index (Phi) is 32.7. The zero-order chi connectivity index (χ0) is 8.95. The van der Waals surface area contributed by atoms with Gasteiger partial charge in [-0.25, -0.2) is 0 Å². The monoisotopic (exact) mass is 180 g/mol. The summed E-state index contributed by atoms with van der Waals surface area (Å²) in [4.78, 5) is 8.36. The Morgan fingerprint density at radius 1 is 1.00 bits per heavy atom. The van der Waals surface area contributed by atoms with Crippen molar-refractivity contribution in [2.45, 2.75) is 52.4 Å². The van der Waals surface area contributed by atoms with E-state index in [1.54, 1.807) is 0 Å². The first-order valence-corrected chi connectivity index (χ1v) is 4.41. The van der Waals surface area contributed by atoms with E-state index >= 15 is 0 Å². The number of carboxylic acid groups (broad SMARTS) is 1. The van der Waals surface area contributed by atoms with Gasteiger partial charge in [-0.3, -0.25) is 9.50 Å². The fourth-order valence-electron chi connectivity index (χ4n) is 0.854. The van der Waals surface area contributed by atoms with Gasteiger partial charge < -0.3 is 5.11 Å². The van der Waals surface area contributed by atoms with Crippen LogP contribution in [0.5, 0.6) is 0 Å². The molecule has 0 atom stereocenters. The number of carbonyl (C=O) groups is 1. The zero-order valence-corrected chi connectivity index (χ0v) is 8.08. The molecule has 2 nitrogen and oxygen atoms in total. The topological polar surface area (TPSA) is 37.3 Å². The fourth-order valence-corrected chi connectivity index (χ4v) is 0.854. The molecule has 3 heteroatoms. The van der Waals surface area contributed by atoms with E-state index in [0.29, 0.717) is 0 Å². The Balaban J connectivity index is -0.000000177. The van der Waals surface area contributed by atoms with Gasteiger partial charge in [0.15, 0.2) is 0 Å². The fraction of sp³-hybridized carbons (Fsp3) is 0.889. The second-order valence-electron chi connectivity index (χ2n) is 2.52. The Labute approximate surface area is 74.3 Å². The van der Waals surface area contributed by atoms with Crippen molar-refractivity contribution in [3.05, 3.63) is 0 Å². The van der Waals surface area contributed by atoms with Gasteiger partial charge in [0, 0.05) is 0 Å². The Hall–Kier alpha value is -0.600. The van der Waals surface area contributed by atoms with E-state index in [9.17, 15) is 0 Å². The van der Waals surface area contributed by atoms with Gasteiger partial charge in [-0.2, -0.15) is 0 Å². The lowest BCUT2D eigenvalue weighted by molar-refractivity contribution is -0.122. The summed E-state index contributed by atoms with van der Waals surface area (Å²) in [6, 6.07) is 0. The Bertz CT molecular complexity index is 61.5. The standard InChI is InChI=1S/C8H18.CH2O2.FH/c1-3-5-7-8-6-4-2;2-1-3;/h3-8H2,1-2H3;1H,(H,2,3);1H. The van der Waals surface area contributed by atoms with Crippen molar-refractivity contribution >= 4 is 6.47 Å². The zero-order valence-electron chi connectivity index (χ0n) is 8.08. The molecule has 0 spiro atoms. The molecule has 0 heterocycles. The highest BCUT2D eigenvalue weighted by Gasteiger charge is 1.83. The molecule has 0 saturated carbocycles. The van der Waals surface area contributed by atoms with Crippen molar-refractivity contribution in [1.29, 1.82) is 0 Å². The second kappa shape index (κ2) is 22.4. The van der Waals surface area contributed by atoms with Crippen molar-refractivity contribution in [2.24, 2.45) is 0 Å². The van der Waals surface area contributed by atoms with Crippen molar-refractivity contribution in [1.82, 2.24) is 0 Å². The molecule has 0 aromatic heterocycles. The van der Waals surface area contributed by atoms with Crippen LogP contribution in [0.25, 0.3) is 0 Å². The van der Waals surface area contributed by atoms with Crippen LogP contribution in [0.2, 0.25) is 0 Å². The van der Waals surface area contributed by atoms with E-state index in [-0.39, 0.29) is 11.2 Å². The molecule has 0 rings (SSSR count). The highest BCUT2D eigenvalue weighted by molar-refractivity contribution is 5.32. The van der Waals surface area contributed by atoms with Gasteiger partial charge in [0.05, 0.1) is 0 Å². The summed E-state index contributed by atoms with van der Waals surface area (Å²) in [5.74, 6) is 0. The lowest BCUT2D eigenvalue weighted by Gasteiger charge is -1.93. The molecule has 12 heavy (non-hydrogen) atoms. The SMILES string of the molecule is CCCCCCCC.F.O=CO. The van der Waals surface area contributed by atoms with Gasteiger partial charge in [-0.15, -0.1) is 0 Å². The molecule has 0 aliphatic heterocycles. The highest BCUT2D eigenvalue weighted by atomic mass is 19.0. The quantitative estimate of drug-likeness (QED) is 0.521. The molecule has 0 bridgehead atoms. The molecule has 0 aromatic carbocycles. The maximum absolute atomic E-state index is 8.36.